The van der Waals surface area contributed by atoms with Crippen LogP contribution in [0.15, 0.2) is 0 Å². The standard InChI is InChI=1S/C8H14O7/c9-1-2-14-8-7(13)6(12)5(11)4(3-10)15-8/h1,4-8,10-13H,2-3H2. The summed E-state index contributed by atoms with van der Waals surface area (Å²) in [6.45, 7) is -0.825. The number of hydrogen-bond acceptors (Lipinski definition) is 7. The van der Waals surface area contributed by atoms with Gasteiger partial charge < -0.3 is 34.7 Å². The third kappa shape index (κ3) is 2.71. The van der Waals surface area contributed by atoms with E-state index >= 15 is 0 Å². The van der Waals surface area contributed by atoms with Crippen LogP contribution in [0.5, 0.6) is 0 Å². The molecule has 0 bridgehead atoms. The van der Waals surface area contributed by atoms with Crippen molar-refractivity contribution in [3.8, 4) is 0 Å². The van der Waals surface area contributed by atoms with E-state index in [1.807, 2.05) is 0 Å². The highest BCUT2D eigenvalue weighted by molar-refractivity contribution is 5.50. The molecule has 0 aromatic carbocycles. The van der Waals surface area contributed by atoms with Crippen LogP contribution in [0.2, 0.25) is 0 Å². The van der Waals surface area contributed by atoms with Crippen LogP contribution in [0.25, 0.3) is 0 Å². The van der Waals surface area contributed by atoms with Crippen LogP contribution < -0.4 is 0 Å². The summed E-state index contributed by atoms with van der Waals surface area (Å²) >= 11 is 0. The SMILES string of the molecule is O=CCOC1OC(CO)C(O)C(O)C1O. The van der Waals surface area contributed by atoms with Gasteiger partial charge in [0, 0.05) is 0 Å². The first-order valence-corrected chi connectivity index (χ1v) is 4.47. The van der Waals surface area contributed by atoms with Gasteiger partial charge in [0.05, 0.1) is 6.61 Å². The highest BCUT2D eigenvalue weighted by Crippen LogP contribution is 2.21. The molecule has 1 fully saturated rings. The zero-order valence-corrected chi connectivity index (χ0v) is 7.89. The first-order chi connectivity index (χ1) is 7.11. The van der Waals surface area contributed by atoms with Gasteiger partial charge in [-0.05, 0) is 0 Å². The molecule has 1 aliphatic heterocycles. The number of carbonyl (C=O) groups excluding carboxylic acids is 1. The molecular weight excluding hydrogens is 208 g/mol. The maximum atomic E-state index is 10.0. The number of aliphatic hydroxyl groups excluding tert-OH is 4. The van der Waals surface area contributed by atoms with Crippen LogP contribution in [-0.4, -0.2) is 70.6 Å². The highest BCUT2D eigenvalue weighted by atomic mass is 16.7. The summed E-state index contributed by atoms with van der Waals surface area (Å²) in [6.07, 6.45) is -6.14. The Morgan fingerprint density at radius 3 is 2.40 bits per heavy atom. The Hall–Kier alpha value is -0.570. The second-order valence-electron chi connectivity index (χ2n) is 3.20. The van der Waals surface area contributed by atoms with E-state index in [1.165, 1.54) is 0 Å². The van der Waals surface area contributed by atoms with Crippen LogP contribution in [0, 0.1) is 0 Å². The summed E-state index contributed by atoms with van der Waals surface area (Å²) in [7, 11) is 0. The second-order valence-corrected chi connectivity index (χ2v) is 3.20. The summed E-state index contributed by atoms with van der Waals surface area (Å²) in [5.41, 5.74) is 0. The van der Waals surface area contributed by atoms with Crippen molar-refractivity contribution in [2.75, 3.05) is 13.2 Å². The third-order valence-corrected chi connectivity index (χ3v) is 2.18. The molecule has 0 spiro atoms. The molecule has 1 saturated heterocycles. The van der Waals surface area contributed by atoms with Gasteiger partial charge in [-0.15, -0.1) is 0 Å². The lowest BCUT2D eigenvalue weighted by molar-refractivity contribution is -0.298. The van der Waals surface area contributed by atoms with E-state index in [9.17, 15) is 20.1 Å². The maximum Gasteiger partial charge on any atom is 0.187 e. The van der Waals surface area contributed by atoms with Crippen LogP contribution >= 0.6 is 0 Å². The maximum absolute atomic E-state index is 10.0. The fourth-order valence-corrected chi connectivity index (χ4v) is 1.34. The lowest BCUT2D eigenvalue weighted by Crippen LogP contribution is -2.59. The summed E-state index contributed by atoms with van der Waals surface area (Å²) in [6, 6.07) is 0. The average Bonchev–Trinajstić information content (AvgIpc) is 2.25. The number of ether oxygens (including phenoxy) is 2. The molecule has 0 amide bonds. The summed E-state index contributed by atoms with van der Waals surface area (Å²) in [5, 5.41) is 36.9. The molecule has 0 aromatic rings. The molecule has 1 heterocycles. The molecule has 88 valence electrons. The van der Waals surface area contributed by atoms with E-state index in [0.29, 0.717) is 6.29 Å². The van der Waals surface area contributed by atoms with Crippen molar-refractivity contribution < 1.29 is 34.7 Å². The van der Waals surface area contributed by atoms with Crippen LogP contribution in [0.3, 0.4) is 0 Å². The molecule has 1 aliphatic rings. The molecule has 7 nitrogen and oxygen atoms in total. The normalized spacial score (nSPS) is 41.5. The molecule has 0 radical (unpaired) electrons. The van der Waals surface area contributed by atoms with Gasteiger partial charge in [0.2, 0.25) is 0 Å². The monoisotopic (exact) mass is 222 g/mol. The van der Waals surface area contributed by atoms with Crippen molar-refractivity contribution >= 4 is 6.29 Å². The third-order valence-electron chi connectivity index (χ3n) is 2.18. The van der Waals surface area contributed by atoms with E-state index in [0.717, 1.165) is 0 Å². The summed E-state index contributed by atoms with van der Waals surface area (Å²) in [5.74, 6) is 0. The van der Waals surface area contributed by atoms with Crippen molar-refractivity contribution in [2.45, 2.75) is 30.7 Å². The van der Waals surface area contributed by atoms with Crippen molar-refractivity contribution in [1.82, 2.24) is 0 Å². The van der Waals surface area contributed by atoms with Crippen molar-refractivity contribution in [3.05, 3.63) is 0 Å². The largest absolute Gasteiger partial charge is 0.394 e. The fraction of sp³-hybridized carbons (Fsp3) is 0.875. The molecule has 5 unspecified atom stereocenters. The minimum absolute atomic E-state index is 0.303. The predicted molar refractivity (Wildman–Crippen MR) is 45.8 cm³/mol. The quantitative estimate of drug-likeness (QED) is 0.374. The van der Waals surface area contributed by atoms with Crippen LogP contribution in [0.4, 0.5) is 0 Å². The van der Waals surface area contributed by atoms with Crippen molar-refractivity contribution in [3.63, 3.8) is 0 Å². The fourth-order valence-electron chi connectivity index (χ4n) is 1.34. The van der Waals surface area contributed by atoms with E-state index < -0.39 is 37.3 Å². The predicted octanol–water partition coefficient (Wildman–Crippen LogP) is -3.00. The van der Waals surface area contributed by atoms with Gasteiger partial charge in [0.25, 0.3) is 0 Å². The Balaban J connectivity index is 2.60. The first-order valence-electron chi connectivity index (χ1n) is 4.47. The lowest BCUT2D eigenvalue weighted by Gasteiger charge is -2.39. The Kier molecular flexibility index (Phi) is 4.58. The number of carbonyl (C=O) groups is 1. The molecule has 4 N–H and O–H groups in total. The van der Waals surface area contributed by atoms with Crippen molar-refractivity contribution in [1.29, 1.82) is 0 Å². The van der Waals surface area contributed by atoms with Crippen LogP contribution in [0.1, 0.15) is 0 Å². The first kappa shape index (κ1) is 12.5. The number of aliphatic hydroxyl groups is 4. The topological polar surface area (TPSA) is 116 Å². The van der Waals surface area contributed by atoms with Gasteiger partial charge in [0.1, 0.15) is 37.3 Å². The molecule has 0 aliphatic carbocycles. The van der Waals surface area contributed by atoms with Gasteiger partial charge >= 0.3 is 0 Å². The molecule has 1 rings (SSSR count). The Morgan fingerprint density at radius 2 is 1.87 bits per heavy atom. The lowest BCUT2D eigenvalue weighted by atomic mass is 9.99. The van der Waals surface area contributed by atoms with E-state index in [-0.39, 0.29) is 6.61 Å². The van der Waals surface area contributed by atoms with Gasteiger partial charge in [0.15, 0.2) is 6.29 Å². The summed E-state index contributed by atoms with van der Waals surface area (Å²) in [4.78, 5) is 10.0. The van der Waals surface area contributed by atoms with Crippen LogP contribution in [-0.2, 0) is 14.3 Å². The van der Waals surface area contributed by atoms with E-state index in [4.69, 9.17) is 14.6 Å². The van der Waals surface area contributed by atoms with Gasteiger partial charge in [-0.1, -0.05) is 0 Å². The zero-order chi connectivity index (χ0) is 11.4. The number of aldehydes is 1. The van der Waals surface area contributed by atoms with Gasteiger partial charge in [-0.2, -0.15) is 0 Å². The molecule has 15 heavy (non-hydrogen) atoms. The minimum Gasteiger partial charge on any atom is -0.394 e. The van der Waals surface area contributed by atoms with Gasteiger partial charge in [-0.25, -0.2) is 0 Å². The van der Waals surface area contributed by atoms with E-state index in [2.05, 4.69) is 0 Å². The second kappa shape index (κ2) is 5.50. The number of hydrogen-bond donors (Lipinski definition) is 4. The zero-order valence-electron chi connectivity index (χ0n) is 7.89. The summed E-state index contributed by atoms with van der Waals surface area (Å²) < 4.78 is 9.71. The molecule has 7 heteroatoms. The van der Waals surface area contributed by atoms with Gasteiger partial charge in [-0.3, -0.25) is 0 Å². The molecule has 0 aromatic heterocycles. The smallest absolute Gasteiger partial charge is 0.187 e. The Labute approximate surface area is 85.9 Å². The van der Waals surface area contributed by atoms with E-state index in [1.54, 1.807) is 0 Å². The minimum atomic E-state index is -1.48. The Bertz CT molecular complexity index is 207. The average molecular weight is 222 g/mol. The Morgan fingerprint density at radius 1 is 1.20 bits per heavy atom. The molecular formula is C8H14O7. The highest BCUT2D eigenvalue weighted by Gasteiger charge is 2.43. The molecule has 5 atom stereocenters. The number of rotatable bonds is 4. The molecule has 0 saturated carbocycles. The van der Waals surface area contributed by atoms with Crippen molar-refractivity contribution in [2.24, 2.45) is 0 Å².